The van der Waals surface area contributed by atoms with Crippen molar-refractivity contribution < 1.29 is 14.3 Å². The molecule has 3 aromatic rings. The number of aromatic nitrogens is 2. The highest BCUT2D eigenvalue weighted by molar-refractivity contribution is 5.99. The van der Waals surface area contributed by atoms with E-state index in [9.17, 15) is 9.59 Å². The van der Waals surface area contributed by atoms with Gasteiger partial charge in [-0.1, -0.05) is 25.1 Å². The SMILES string of the molecule is CCOc1ccc(C(=O)NNC(=O)c2cnn(-c3ccccc3)c2CC)cc1. The molecule has 2 amide bonds. The molecule has 0 aliphatic heterocycles. The number of hydrogen-bond acceptors (Lipinski definition) is 4. The summed E-state index contributed by atoms with van der Waals surface area (Å²) in [7, 11) is 0. The van der Waals surface area contributed by atoms with E-state index in [-0.39, 0.29) is 0 Å². The maximum absolute atomic E-state index is 12.5. The Kier molecular flexibility index (Phi) is 6.06. The van der Waals surface area contributed by atoms with Crippen molar-refractivity contribution in [2.45, 2.75) is 20.3 Å². The average molecular weight is 378 g/mol. The van der Waals surface area contributed by atoms with Gasteiger partial charge in [0.15, 0.2) is 0 Å². The molecule has 2 aromatic carbocycles. The van der Waals surface area contributed by atoms with E-state index in [1.54, 1.807) is 28.9 Å². The molecular weight excluding hydrogens is 356 g/mol. The number of nitrogens with one attached hydrogen (secondary N) is 2. The average Bonchev–Trinajstić information content (AvgIpc) is 3.17. The molecule has 0 fully saturated rings. The van der Waals surface area contributed by atoms with E-state index in [0.29, 0.717) is 29.9 Å². The van der Waals surface area contributed by atoms with E-state index in [1.165, 1.54) is 6.20 Å². The van der Waals surface area contributed by atoms with Gasteiger partial charge in [0.25, 0.3) is 11.8 Å². The Hall–Kier alpha value is -3.61. The summed E-state index contributed by atoms with van der Waals surface area (Å²) in [5.41, 5.74) is 7.35. The summed E-state index contributed by atoms with van der Waals surface area (Å²) in [6.07, 6.45) is 2.12. The fourth-order valence-electron chi connectivity index (χ4n) is 2.82. The Morgan fingerprint density at radius 1 is 0.964 bits per heavy atom. The summed E-state index contributed by atoms with van der Waals surface area (Å²) in [4.78, 5) is 24.8. The molecule has 28 heavy (non-hydrogen) atoms. The highest BCUT2D eigenvalue weighted by Gasteiger charge is 2.18. The molecule has 3 rings (SSSR count). The molecular formula is C21H22N4O3. The van der Waals surface area contributed by atoms with Gasteiger partial charge in [-0.05, 0) is 49.7 Å². The van der Waals surface area contributed by atoms with Crippen molar-refractivity contribution in [3.8, 4) is 11.4 Å². The minimum atomic E-state index is -0.418. The van der Waals surface area contributed by atoms with Crippen LogP contribution < -0.4 is 15.6 Å². The smallest absolute Gasteiger partial charge is 0.273 e. The van der Waals surface area contributed by atoms with Gasteiger partial charge in [-0.2, -0.15) is 5.10 Å². The molecule has 0 unspecified atom stereocenters. The summed E-state index contributed by atoms with van der Waals surface area (Å²) in [5.74, 6) is -0.146. The van der Waals surface area contributed by atoms with Crippen LogP contribution in [0.15, 0.2) is 60.8 Å². The molecule has 0 aliphatic rings. The quantitative estimate of drug-likeness (QED) is 0.646. The number of amides is 2. The molecule has 0 bridgehead atoms. The zero-order valence-corrected chi connectivity index (χ0v) is 15.8. The first-order valence-electron chi connectivity index (χ1n) is 9.09. The number of carbonyl (C=O) groups is 2. The van der Waals surface area contributed by atoms with Gasteiger partial charge in [-0.15, -0.1) is 0 Å². The highest BCUT2D eigenvalue weighted by Crippen LogP contribution is 2.16. The normalized spacial score (nSPS) is 10.4. The molecule has 7 nitrogen and oxygen atoms in total. The van der Waals surface area contributed by atoms with Gasteiger partial charge in [0.1, 0.15) is 5.75 Å². The van der Waals surface area contributed by atoms with E-state index in [1.807, 2.05) is 44.2 Å². The number of ether oxygens (including phenoxy) is 1. The van der Waals surface area contributed by atoms with Crippen molar-refractivity contribution in [3.63, 3.8) is 0 Å². The van der Waals surface area contributed by atoms with Crippen LogP contribution in [0.2, 0.25) is 0 Å². The van der Waals surface area contributed by atoms with Crippen LogP contribution >= 0.6 is 0 Å². The van der Waals surface area contributed by atoms with Gasteiger partial charge in [-0.25, -0.2) is 4.68 Å². The van der Waals surface area contributed by atoms with Crippen molar-refractivity contribution in [2.24, 2.45) is 0 Å². The van der Waals surface area contributed by atoms with Crippen LogP contribution in [-0.2, 0) is 6.42 Å². The molecule has 0 aliphatic carbocycles. The Morgan fingerprint density at radius 3 is 2.29 bits per heavy atom. The third-order valence-electron chi connectivity index (χ3n) is 4.17. The second kappa shape index (κ2) is 8.85. The van der Waals surface area contributed by atoms with Gasteiger partial charge in [0.05, 0.1) is 29.7 Å². The molecule has 0 spiro atoms. The number of hydrogen-bond donors (Lipinski definition) is 2. The van der Waals surface area contributed by atoms with Crippen molar-refractivity contribution in [1.82, 2.24) is 20.6 Å². The Bertz CT molecular complexity index is 950. The number of benzene rings is 2. The van der Waals surface area contributed by atoms with Crippen molar-refractivity contribution in [3.05, 3.63) is 77.6 Å². The monoisotopic (exact) mass is 378 g/mol. The summed E-state index contributed by atoms with van der Waals surface area (Å²) in [5, 5.41) is 4.32. The number of para-hydroxylation sites is 1. The molecule has 0 saturated carbocycles. The lowest BCUT2D eigenvalue weighted by atomic mass is 10.2. The lowest BCUT2D eigenvalue weighted by Crippen LogP contribution is -2.41. The first-order chi connectivity index (χ1) is 13.6. The van der Waals surface area contributed by atoms with Gasteiger partial charge >= 0.3 is 0 Å². The van der Waals surface area contributed by atoms with Crippen LogP contribution in [0.3, 0.4) is 0 Å². The maximum Gasteiger partial charge on any atom is 0.273 e. The van der Waals surface area contributed by atoms with Crippen LogP contribution in [-0.4, -0.2) is 28.2 Å². The minimum absolute atomic E-state index is 0.412. The largest absolute Gasteiger partial charge is 0.494 e. The summed E-state index contributed by atoms with van der Waals surface area (Å²) in [6, 6.07) is 16.3. The lowest BCUT2D eigenvalue weighted by molar-refractivity contribution is 0.0846. The summed E-state index contributed by atoms with van der Waals surface area (Å²) in [6.45, 7) is 4.39. The standard InChI is InChI=1S/C21H22N4O3/c1-3-19-18(14-22-25(19)16-8-6-5-7-9-16)21(27)24-23-20(26)15-10-12-17(13-11-15)28-4-2/h5-14H,3-4H2,1-2H3,(H,23,26)(H,24,27). The summed E-state index contributed by atoms with van der Waals surface area (Å²) < 4.78 is 7.08. The number of carbonyl (C=O) groups excluding carboxylic acids is 2. The summed E-state index contributed by atoms with van der Waals surface area (Å²) >= 11 is 0. The predicted octanol–water partition coefficient (Wildman–Crippen LogP) is 2.91. The van der Waals surface area contributed by atoms with Gasteiger partial charge in [0, 0.05) is 5.56 Å². The van der Waals surface area contributed by atoms with Gasteiger partial charge in [-0.3, -0.25) is 20.4 Å². The Labute approximate surface area is 163 Å². The Balaban J connectivity index is 1.68. The molecule has 2 N–H and O–H groups in total. The zero-order valence-electron chi connectivity index (χ0n) is 15.8. The second-order valence-corrected chi connectivity index (χ2v) is 5.97. The molecule has 7 heteroatoms. The highest BCUT2D eigenvalue weighted by atomic mass is 16.5. The molecule has 1 heterocycles. The fraction of sp³-hybridized carbons (Fsp3) is 0.190. The first-order valence-corrected chi connectivity index (χ1v) is 9.09. The third kappa shape index (κ3) is 4.20. The molecule has 0 radical (unpaired) electrons. The van der Waals surface area contributed by atoms with Crippen LogP contribution in [0.25, 0.3) is 5.69 Å². The van der Waals surface area contributed by atoms with E-state index in [4.69, 9.17) is 4.74 Å². The van der Waals surface area contributed by atoms with Crippen LogP contribution in [0.5, 0.6) is 5.75 Å². The molecule has 0 saturated heterocycles. The molecule has 144 valence electrons. The van der Waals surface area contributed by atoms with E-state index in [0.717, 1.165) is 11.4 Å². The van der Waals surface area contributed by atoms with Crippen LogP contribution in [0, 0.1) is 0 Å². The van der Waals surface area contributed by atoms with Gasteiger partial charge < -0.3 is 4.74 Å². The third-order valence-corrected chi connectivity index (χ3v) is 4.17. The van der Waals surface area contributed by atoms with Gasteiger partial charge in [0.2, 0.25) is 0 Å². The Morgan fingerprint density at radius 2 is 1.64 bits per heavy atom. The zero-order chi connectivity index (χ0) is 19.9. The van der Waals surface area contributed by atoms with Crippen molar-refractivity contribution in [2.75, 3.05) is 6.61 Å². The van der Waals surface area contributed by atoms with E-state index < -0.39 is 11.8 Å². The lowest BCUT2D eigenvalue weighted by Gasteiger charge is -2.10. The number of nitrogens with zero attached hydrogens (tertiary/aromatic N) is 2. The van der Waals surface area contributed by atoms with E-state index >= 15 is 0 Å². The topological polar surface area (TPSA) is 85.2 Å². The number of hydrazine groups is 1. The first kappa shape index (κ1) is 19.2. The van der Waals surface area contributed by atoms with Crippen molar-refractivity contribution in [1.29, 1.82) is 0 Å². The maximum atomic E-state index is 12.5. The van der Waals surface area contributed by atoms with E-state index in [2.05, 4.69) is 16.0 Å². The second-order valence-electron chi connectivity index (χ2n) is 5.97. The van der Waals surface area contributed by atoms with Crippen LogP contribution in [0.4, 0.5) is 0 Å². The molecule has 0 atom stereocenters. The fourth-order valence-corrected chi connectivity index (χ4v) is 2.82. The number of rotatable bonds is 6. The molecule has 1 aromatic heterocycles. The predicted molar refractivity (Wildman–Crippen MR) is 105 cm³/mol. The minimum Gasteiger partial charge on any atom is -0.494 e. The van der Waals surface area contributed by atoms with Crippen LogP contribution in [0.1, 0.15) is 40.3 Å². The van der Waals surface area contributed by atoms with Crippen molar-refractivity contribution >= 4 is 11.8 Å².